The fourth-order valence-electron chi connectivity index (χ4n) is 3.08. The SMILES string of the molecule is CC(C)(C)c1ccc(C(=O)NC2CCC(=O)NC2=O)c2ncccc12. The molecule has 0 bridgehead atoms. The number of amides is 3. The van der Waals surface area contributed by atoms with Crippen molar-refractivity contribution in [3.8, 4) is 0 Å². The van der Waals surface area contributed by atoms with E-state index in [0.29, 0.717) is 17.5 Å². The van der Waals surface area contributed by atoms with Crippen molar-refractivity contribution in [2.24, 2.45) is 0 Å². The number of hydrogen-bond acceptors (Lipinski definition) is 4. The van der Waals surface area contributed by atoms with Gasteiger partial charge in [-0.25, -0.2) is 0 Å². The minimum atomic E-state index is -0.703. The van der Waals surface area contributed by atoms with Gasteiger partial charge in [-0.15, -0.1) is 0 Å². The predicted octanol–water partition coefficient (Wildman–Crippen LogP) is 2.07. The second-order valence-electron chi connectivity index (χ2n) is 7.29. The van der Waals surface area contributed by atoms with E-state index >= 15 is 0 Å². The smallest absolute Gasteiger partial charge is 0.254 e. The van der Waals surface area contributed by atoms with E-state index in [1.54, 1.807) is 12.3 Å². The van der Waals surface area contributed by atoms with Gasteiger partial charge >= 0.3 is 0 Å². The lowest BCUT2D eigenvalue weighted by Gasteiger charge is -2.24. The van der Waals surface area contributed by atoms with E-state index in [1.807, 2.05) is 18.2 Å². The summed E-state index contributed by atoms with van der Waals surface area (Å²) in [5, 5.41) is 5.88. The minimum absolute atomic E-state index is 0.0834. The van der Waals surface area contributed by atoms with Crippen LogP contribution in [-0.4, -0.2) is 28.7 Å². The molecule has 0 aliphatic carbocycles. The minimum Gasteiger partial charge on any atom is -0.340 e. The van der Waals surface area contributed by atoms with Crippen LogP contribution in [0.25, 0.3) is 10.9 Å². The molecule has 2 heterocycles. The van der Waals surface area contributed by atoms with Crippen molar-refractivity contribution in [3.63, 3.8) is 0 Å². The van der Waals surface area contributed by atoms with E-state index in [-0.39, 0.29) is 23.7 Å². The van der Waals surface area contributed by atoms with Crippen molar-refractivity contribution in [1.82, 2.24) is 15.6 Å². The van der Waals surface area contributed by atoms with Gasteiger partial charge in [-0.1, -0.05) is 32.9 Å². The molecule has 3 rings (SSSR count). The Morgan fingerprint density at radius 2 is 2.00 bits per heavy atom. The maximum atomic E-state index is 12.7. The molecule has 3 amide bonds. The second kappa shape index (κ2) is 6.27. The number of piperidine rings is 1. The molecule has 6 nitrogen and oxygen atoms in total. The standard InChI is InChI=1S/C19H21N3O3/c1-19(2,3)13-7-6-12(16-11(13)5-4-10-20-16)17(24)21-14-8-9-15(23)22-18(14)25/h4-7,10,14H,8-9H2,1-3H3,(H,21,24)(H,22,23,25). The number of hydrogen-bond donors (Lipinski definition) is 2. The number of nitrogens with one attached hydrogen (secondary N) is 2. The van der Waals surface area contributed by atoms with Crippen molar-refractivity contribution >= 4 is 28.6 Å². The van der Waals surface area contributed by atoms with Gasteiger partial charge in [0.25, 0.3) is 5.91 Å². The Morgan fingerprint density at radius 3 is 2.68 bits per heavy atom. The lowest BCUT2D eigenvalue weighted by molar-refractivity contribution is -0.134. The fourth-order valence-corrected chi connectivity index (χ4v) is 3.08. The van der Waals surface area contributed by atoms with E-state index < -0.39 is 11.9 Å². The van der Waals surface area contributed by atoms with Crippen LogP contribution in [-0.2, 0) is 15.0 Å². The molecule has 1 aliphatic rings. The molecule has 0 saturated carbocycles. The van der Waals surface area contributed by atoms with Crippen LogP contribution in [0.1, 0.15) is 49.5 Å². The summed E-state index contributed by atoms with van der Waals surface area (Å²) in [5.74, 6) is -1.14. The number of imide groups is 1. The molecule has 1 saturated heterocycles. The number of carbonyl (C=O) groups excluding carboxylic acids is 3. The van der Waals surface area contributed by atoms with Crippen LogP contribution in [0.2, 0.25) is 0 Å². The first-order chi connectivity index (χ1) is 11.8. The normalized spacial score (nSPS) is 18.1. The molecule has 1 aromatic carbocycles. The van der Waals surface area contributed by atoms with Gasteiger partial charge in [-0.3, -0.25) is 24.7 Å². The third-order valence-corrected chi connectivity index (χ3v) is 4.37. The Balaban J connectivity index is 1.95. The largest absolute Gasteiger partial charge is 0.340 e. The highest BCUT2D eigenvalue weighted by atomic mass is 16.2. The summed E-state index contributed by atoms with van der Waals surface area (Å²) in [7, 11) is 0. The Hall–Kier alpha value is -2.76. The number of aromatic nitrogens is 1. The van der Waals surface area contributed by atoms with Gasteiger partial charge in [-0.05, 0) is 29.5 Å². The number of pyridine rings is 1. The van der Waals surface area contributed by atoms with Crippen LogP contribution in [0, 0.1) is 0 Å². The van der Waals surface area contributed by atoms with Gasteiger partial charge in [0.05, 0.1) is 11.1 Å². The maximum Gasteiger partial charge on any atom is 0.254 e. The number of benzene rings is 1. The molecule has 1 atom stereocenters. The van der Waals surface area contributed by atoms with E-state index in [0.717, 1.165) is 10.9 Å². The molecule has 130 valence electrons. The Morgan fingerprint density at radius 1 is 1.24 bits per heavy atom. The zero-order valence-electron chi connectivity index (χ0n) is 14.6. The first kappa shape index (κ1) is 17.1. The van der Waals surface area contributed by atoms with Crippen LogP contribution in [0.15, 0.2) is 30.5 Å². The van der Waals surface area contributed by atoms with Crippen LogP contribution < -0.4 is 10.6 Å². The number of rotatable bonds is 2. The topological polar surface area (TPSA) is 88.2 Å². The maximum absolute atomic E-state index is 12.7. The average molecular weight is 339 g/mol. The lowest BCUT2D eigenvalue weighted by Crippen LogP contribution is -2.52. The van der Waals surface area contributed by atoms with Gasteiger partial charge in [0.15, 0.2) is 0 Å². The Kier molecular flexibility index (Phi) is 4.29. The molecule has 1 aliphatic heterocycles. The van der Waals surface area contributed by atoms with Crippen molar-refractivity contribution in [2.45, 2.75) is 45.1 Å². The van der Waals surface area contributed by atoms with Crippen LogP contribution in [0.4, 0.5) is 0 Å². The van der Waals surface area contributed by atoms with Gasteiger partial charge in [0, 0.05) is 18.0 Å². The Labute approximate surface area is 146 Å². The molecular formula is C19H21N3O3. The molecule has 0 radical (unpaired) electrons. The lowest BCUT2D eigenvalue weighted by atomic mass is 9.83. The molecule has 6 heteroatoms. The third-order valence-electron chi connectivity index (χ3n) is 4.37. The molecule has 2 aromatic rings. The van der Waals surface area contributed by atoms with Gasteiger partial charge in [0.1, 0.15) is 6.04 Å². The van der Waals surface area contributed by atoms with E-state index in [4.69, 9.17) is 0 Å². The van der Waals surface area contributed by atoms with Gasteiger partial charge in [0.2, 0.25) is 11.8 Å². The number of fused-ring (bicyclic) bond motifs is 1. The van der Waals surface area contributed by atoms with Crippen LogP contribution in [0.5, 0.6) is 0 Å². The highest BCUT2D eigenvalue weighted by Crippen LogP contribution is 2.30. The van der Waals surface area contributed by atoms with Crippen molar-refractivity contribution in [1.29, 1.82) is 0 Å². The number of nitrogens with zero attached hydrogens (tertiary/aromatic N) is 1. The van der Waals surface area contributed by atoms with Gasteiger partial charge in [-0.2, -0.15) is 0 Å². The molecule has 1 aromatic heterocycles. The van der Waals surface area contributed by atoms with E-state index in [2.05, 4.69) is 36.4 Å². The predicted molar refractivity (Wildman–Crippen MR) is 94.1 cm³/mol. The summed E-state index contributed by atoms with van der Waals surface area (Å²) >= 11 is 0. The quantitative estimate of drug-likeness (QED) is 0.820. The summed E-state index contributed by atoms with van der Waals surface area (Å²) in [4.78, 5) is 40.2. The van der Waals surface area contributed by atoms with Crippen molar-refractivity contribution in [2.75, 3.05) is 0 Å². The summed E-state index contributed by atoms with van der Waals surface area (Å²) in [5.41, 5.74) is 2.06. The molecule has 25 heavy (non-hydrogen) atoms. The zero-order valence-corrected chi connectivity index (χ0v) is 14.6. The molecule has 1 fully saturated rings. The average Bonchev–Trinajstić information content (AvgIpc) is 2.55. The monoisotopic (exact) mass is 339 g/mol. The first-order valence-corrected chi connectivity index (χ1v) is 8.30. The van der Waals surface area contributed by atoms with Crippen molar-refractivity contribution in [3.05, 3.63) is 41.6 Å². The number of carbonyl (C=O) groups is 3. The summed E-state index contributed by atoms with van der Waals surface area (Å²) in [6.07, 6.45) is 2.18. The zero-order chi connectivity index (χ0) is 18.2. The Bertz CT molecular complexity index is 868. The molecule has 0 spiro atoms. The van der Waals surface area contributed by atoms with Crippen molar-refractivity contribution < 1.29 is 14.4 Å². The van der Waals surface area contributed by atoms with Crippen LogP contribution >= 0.6 is 0 Å². The molecular weight excluding hydrogens is 318 g/mol. The first-order valence-electron chi connectivity index (χ1n) is 8.30. The second-order valence-corrected chi connectivity index (χ2v) is 7.29. The van der Waals surface area contributed by atoms with Crippen LogP contribution in [0.3, 0.4) is 0 Å². The fraction of sp³-hybridized carbons (Fsp3) is 0.368. The molecule has 2 N–H and O–H groups in total. The highest BCUT2D eigenvalue weighted by molar-refractivity contribution is 6.09. The third kappa shape index (κ3) is 3.38. The molecule has 1 unspecified atom stereocenters. The van der Waals surface area contributed by atoms with E-state index in [1.165, 1.54) is 0 Å². The summed E-state index contributed by atoms with van der Waals surface area (Å²) in [6.45, 7) is 6.33. The summed E-state index contributed by atoms with van der Waals surface area (Å²) in [6, 6.07) is 6.78. The van der Waals surface area contributed by atoms with Gasteiger partial charge < -0.3 is 5.32 Å². The highest BCUT2D eigenvalue weighted by Gasteiger charge is 2.29. The van der Waals surface area contributed by atoms with E-state index in [9.17, 15) is 14.4 Å². The summed E-state index contributed by atoms with van der Waals surface area (Å²) < 4.78 is 0.